The van der Waals surface area contributed by atoms with Crippen molar-refractivity contribution >= 4 is 45.4 Å². The number of carbonyl (C=O) groups excluding carboxylic acids is 2. The molecule has 3 aromatic carbocycles. The molecule has 6 nitrogen and oxygen atoms in total. The molecule has 1 unspecified atom stereocenters. The summed E-state index contributed by atoms with van der Waals surface area (Å²) in [6.45, 7) is 0. The Balaban J connectivity index is 1.72. The minimum atomic E-state index is -0.519. The Morgan fingerprint density at radius 2 is 1.78 bits per heavy atom. The van der Waals surface area contributed by atoms with Crippen molar-refractivity contribution in [2.45, 2.75) is 31.6 Å². The number of halogens is 1. The number of hydrogen-bond donors (Lipinski definition) is 0. The minimum Gasteiger partial charge on any atom is -0.294 e. The van der Waals surface area contributed by atoms with Crippen molar-refractivity contribution in [3.63, 3.8) is 0 Å². The van der Waals surface area contributed by atoms with E-state index in [1.807, 2.05) is 42.5 Å². The fraction of sp³-hybridized carbons (Fsp3) is 0.200. The Kier molecular flexibility index (Phi) is 5.02. The largest absolute Gasteiger partial charge is 0.294 e. The number of carbonyl (C=O) groups is 2. The van der Waals surface area contributed by atoms with Gasteiger partial charge in [-0.3, -0.25) is 24.6 Å². The first kappa shape index (κ1) is 20.4. The van der Waals surface area contributed by atoms with E-state index in [4.69, 9.17) is 11.6 Å². The molecule has 0 aromatic heterocycles. The third-order valence-electron chi connectivity index (χ3n) is 6.26. The van der Waals surface area contributed by atoms with Crippen LogP contribution in [0.1, 0.15) is 37.2 Å². The molecule has 1 amide bonds. The monoisotopic (exact) mass is 446 g/mol. The number of fused-ring (bicyclic) bond motifs is 1. The van der Waals surface area contributed by atoms with Crippen LogP contribution in [-0.4, -0.2) is 16.6 Å². The summed E-state index contributed by atoms with van der Waals surface area (Å²) in [5.41, 5.74) is 2.28. The van der Waals surface area contributed by atoms with Gasteiger partial charge in [-0.05, 0) is 35.2 Å². The minimum absolute atomic E-state index is 0.0169. The zero-order valence-corrected chi connectivity index (χ0v) is 17.8. The number of nitro groups is 1. The lowest BCUT2D eigenvalue weighted by Gasteiger charge is -2.38. The first-order valence-corrected chi connectivity index (χ1v) is 10.8. The molecule has 160 valence electrons. The van der Waals surface area contributed by atoms with E-state index in [9.17, 15) is 19.7 Å². The van der Waals surface area contributed by atoms with Gasteiger partial charge in [-0.2, -0.15) is 0 Å². The highest BCUT2D eigenvalue weighted by atomic mass is 35.5. The van der Waals surface area contributed by atoms with Crippen LogP contribution in [0.3, 0.4) is 0 Å². The Morgan fingerprint density at radius 1 is 1.00 bits per heavy atom. The molecule has 0 spiro atoms. The van der Waals surface area contributed by atoms with Crippen molar-refractivity contribution in [3.8, 4) is 0 Å². The summed E-state index contributed by atoms with van der Waals surface area (Å²) >= 11 is 6.37. The molecule has 3 aromatic rings. The number of hydrogen-bond acceptors (Lipinski definition) is 4. The summed E-state index contributed by atoms with van der Waals surface area (Å²) in [5.74, 6) is -0.563. The number of non-ortho nitro benzene ring substituents is 1. The van der Waals surface area contributed by atoms with E-state index in [1.54, 1.807) is 0 Å². The molecule has 1 atom stereocenters. The van der Waals surface area contributed by atoms with Crippen LogP contribution in [0.15, 0.2) is 71.9 Å². The maximum atomic E-state index is 13.5. The van der Waals surface area contributed by atoms with E-state index in [0.717, 1.165) is 16.3 Å². The first-order valence-electron chi connectivity index (χ1n) is 10.5. The van der Waals surface area contributed by atoms with Gasteiger partial charge in [0.2, 0.25) is 5.91 Å². The molecule has 0 saturated carbocycles. The van der Waals surface area contributed by atoms with Gasteiger partial charge in [-0.15, -0.1) is 0 Å². The standard InChI is InChI=1S/C25H19ClN2O4/c26-20-12-11-16(28(31)32)13-22(20)27-21-9-4-10-23(29)25(21)19(14-24(27)30)18-8-3-6-15-5-1-2-7-17(15)18/h1-3,5-8,11-13,19H,4,9-10,14H2. The summed E-state index contributed by atoms with van der Waals surface area (Å²) in [7, 11) is 0. The number of rotatable bonds is 3. The van der Waals surface area contributed by atoms with Crippen molar-refractivity contribution in [2.75, 3.05) is 4.90 Å². The number of anilines is 1. The number of ketones is 1. The third-order valence-corrected chi connectivity index (χ3v) is 6.58. The zero-order valence-electron chi connectivity index (χ0n) is 17.1. The molecule has 1 heterocycles. The van der Waals surface area contributed by atoms with Crippen LogP contribution in [0.4, 0.5) is 11.4 Å². The molecule has 0 radical (unpaired) electrons. The van der Waals surface area contributed by atoms with Crippen LogP contribution in [0.2, 0.25) is 5.02 Å². The zero-order chi connectivity index (χ0) is 22.4. The predicted molar refractivity (Wildman–Crippen MR) is 123 cm³/mol. The van der Waals surface area contributed by atoms with E-state index in [2.05, 4.69) is 0 Å². The Hall–Kier alpha value is -3.51. The molecule has 5 rings (SSSR count). The smallest absolute Gasteiger partial charge is 0.271 e. The van der Waals surface area contributed by atoms with E-state index in [-0.39, 0.29) is 40.4 Å². The van der Waals surface area contributed by atoms with Gasteiger partial charge in [0.1, 0.15) is 0 Å². The van der Waals surface area contributed by atoms with Gasteiger partial charge >= 0.3 is 0 Å². The van der Waals surface area contributed by atoms with Crippen molar-refractivity contribution in [2.24, 2.45) is 0 Å². The number of allylic oxidation sites excluding steroid dienone is 2. The second-order valence-electron chi connectivity index (χ2n) is 8.08. The molecular formula is C25H19ClN2O4. The number of nitrogens with zero attached hydrogens (tertiary/aromatic N) is 2. The number of nitro benzene ring substituents is 1. The highest BCUT2D eigenvalue weighted by molar-refractivity contribution is 6.34. The molecule has 0 fully saturated rings. The third kappa shape index (κ3) is 3.28. The fourth-order valence-electron chi connectivity index (χ4n) is 4.88. The van der Waals surface area contributed by atoms with Gasteiger partial charge in [0.05, 0.1) is 15.6 Å². The van der Waals surface area contributed by atoms with Crippen LogP contribution >= 0.6 is 11.6 Å². The summed E-state index contributed by atoms with van der Waals surface area (Å²) in [6, 6.07) is 17.9. The maximum Gasteiger partial charge on any atom is 0.271 e. The van der Waals surface area contributed by atoms with E-state index < -0.39 is 4.92 Å². The van der Waals surface area contributed by atoms with Crippen LogP contribution in [0, 0.1) is 10.1 Å². The molecule has 32 heavy (non-hydrogen) atoms. The van der Waals surface area contributed by atoms with Crippen molar-refractivity contribution in [1.29, 1.82) is 0 Å². The van der Waals surface area contributed by atoms with Crippen molar-refractivity contribution in [3.05, 3.63) is 92.6 Å². The molecule has 0 N–H and O–H groups in total. The summed E-state index contributed by atoms with van der Waals surface area (Å²) in [5, 5.41) is 13.6. The van der Waals surface area contributed by atoms with E-state index >= 15 is 0 Å². The van der Waals surface area contributed by atoms with Gasteiger partial charge in [0.25, 0.3) is 5.69 Å². The van der Waals surface area contributed by atoms with Crippen LogP contribution < -0.4 is 4.90 Å². The van der Waals surface area contributed by atoms with E-state index in [0.29, 0.717) is 30.5 Å². The lowest BCUT2D eigenvalue weighted by atomic mass is 9.76. The quantitative estimate of drug-likeness (QED) is 0.369. The topological polar surface area (TPSA) is 80.5 Å². The fourth-order valence-corrected chi connectivity index (χ4v) is 5.08. The van der Waals surface area contributed by atoms with Gasteiger partial charge in [0, 0.05) is 42.2 Å². The van der Waals surface area contributed by atoms with Gasteiger partial charge in [-0.1, -0.05) is 54.1 Å². The molecule has 7 heteroatoms. The number of Topliss-reactive ketones (excluding diaryl/α,β-unsaturated/α-hetero) is 1. The van der Waals surface area contributed by atoms with Gasteiger partial charge in [0.15, 0.2) is 5.78 Å². The molecular weight excluding hydrogens is 428 g/mol. The number of amides is 1. The normalized spacial score (nSPS) is 18.8. The Labute approximate surface area is 189 Å². The molecule has 1 aliphatic heterocycles. The average molecular weight is 447 g/mol. The van der Waals surface area contributed by atoms with Crippen LogP contribution in [0.25, 0.3) is 10.8 Å². The second-order valence-corrected chi connectivity index (χ2v) is 8.49. The molecule has 0 saturated heterocycles. The Morgan fingerprint density at radius 3 is 2.59 bits per heavy atom. The number of benzene rings is 3. The second kappa shape index (κ2) is 7.88. The molecule has 2 aliphatic rings. The summed E-state index contributed by atoms with van der Waals surface area (Å²) in [6.07, 6.45) is 1.67. The highest BCUT2D eigenvalue weighted by Crippen LogP contribution is 2.46. The van der Waals surface area contributed by atoms with E-state index in [1.165, 1.54) is 23.1 Å². The van der Waals surface area contributed by atoms with Crippen LogP contribution in [-0.2, 0) is 9.59 Å². The first-order chi connectivity index (χ1) is 15.5. The van der Waals surface area contributed by atoms with Crippen LogP contribution in [0.5, 0.6) is 0 Å². The highest BCUT2D eigenvalue weighted by Gasteiger charge is 2.41. The predicted octanol–water partition coefficient (Wildman–Crippen LogP) is 5.93. The lowest BCUT2D eigenvalue weighted by Crippen LogP contribution is -2.40. The maximum absolute atomic E-state index is 13.5. The lowest BCUT2D eigenvalue weighted by molar-refractivity contribution is -0.384. The van der Waals surface area contributed by atoms with Gasteiger partial charge in [-0.25, -0.2) is 0 Å². The van der Waals surface area contributed by atoms with Crippen molar-refractivity contribution in [1.82, 2.24) is 0 Å². The molecule has 0 bridgehead atoms. The SMILES string of the molecule is O=C1CCCC2=C1C(c1cccc3ccccc13)CC(=O)N2c1cc([N+](=O)[O-])ccc1Cl. The van der Waals surface area contributed by atoms with Gasteiger partial charge < -0.3 is 0 Å². The molecule has 1 aliphatic carbocycles. The Bertz CT molecular complexity index is 1330. The average Bonchev–Trinajstić information content (AvgIpc) is 2.79. The summed E-state index contributed by atoms with van der Waals surface area (Å²) in [4.78, 5) is 38.8. The van der Waals surface area contributed by atoms with Crippen molar-refractivity contribution < 1.29 is 14.5 Å². The summed E-state index contributed by atoms with van der Waals surface area (Å²) < 4.78 is 0.